The molecule has 14 heavy (non-hydrogen) atoms. The quantitative estimate of drug-likeness (QED) is 0.499. The van der Waals surface area contributed by atoms with Gasteiger partial charge in [-0.15, -0.1) is 0 Å². The van der Waals surface area contributed by atoms with Crippen LogP contribution in [0.1, 0.15) is 20.8 Å². The molecule has 0 aromatic rings. The molecule has 0 atom stereocenters. The molecule has 0 fully saturated rings. The van der Waals surface area contributed by atoms with Gasteiger partial charge in [0.2, 0.25) is 0 Å². The van der Waals surface area contributed by atoms with Gasteiger partial charge in [0, 0.05) is 7.11 Å². The van der Waals surface area contributed by atoms with E-state index in [4.69, 9.17) is 4.74 Å². The fourth-order valence-electron chi connectivity index (χ4n) is 0.507. The maximum atomic E-state index is 11.2. The van der Waals surface area contributed by atoms with E-state index in [-0.39, 0.29) is 13.4 Å². The van der Waals surface area contributed by atoms with Crippen molar-refractivity contribution in [3.8, 4) is 0 Å². The molecule has 0 heterocycles. The summed E-state index contributed by atoms with van der Waals surface area (Å²) in [5.74, 6) is -1.06. The first-order valence-corrected chi connectivity index (χ1v) is 4.19. The van der Waals surface area contributed by atoms with Crippen LogP contribution in [0.2, 0.25) is 0 Å². The van der Waals surface area contributed by atoms with E-state index in [1.54, 1.807) is 20.8 Å². The normalized spacial score (nSPS) is 10.9. The molecule has 82 valence electrons. The number of methoxy groups -OCH3 is 1. The van der Waals surface area contributed by atoms with Crippen LogP contribution < -0.4 is 0 Å². The highest BCUT2D eigenvalue weighted by molar-refractivity contribution is 5.79. The number of hydrogen-bond acceptors (Lipinski definition) is 5. The van der Waals surface area contributed by atoms with Crippen molar-refractivity contribution in [2.75, 3.05) is 20.5 Å². The number of ether oxygens (including phenoxy) is 3. The highest BCUT2D eigenvalue weighted by Crippen LogP contribution is 2.14. The van der Waals surface area contributed by atoms with Crippen molar-refractivity contribution < 1.29 is 23.8 Å². The predicted molar refractivity (Wildman–Crippen MR) is 48.4 cm³/mol. The zero-order valence-electron chi connectivity index (χ0n) is 8.96. The molecular formula is C9H16O5. The minimum Gasteiger partial charge on any atom is -0.453 e. The second-order valence-corrected chi connectivity index (χ2v) is 3.75. The zero-order chi connectivity index (χ0) is 11.2. The maximum Gasteiger partial charge on any atom is 0.346 e. The lowest BCUT2D eigenvalue weighted by Gasteiger charge is -2.15. The van der Waals surface area contributed by atoms with Gasteiger partial charge in [-0.3, -0.25) is 4.79 Å². The molecule has 0 spiro atoms. The number of hydrogen-bond donors (Lipinski definition) is 0. The van der Waals surface area contributed by atoms with Crippen molar-refractivity contribution >= 4 is 11.9 Å². The smallest absolute Gasteiger partial charge is 0.346 e. The lowest BCUT2D eigenvalue weighted by atomic mass is 9.97. The molecule has 0 bridgehead atoms. The van der Waals surface area contributed by atoms with Gasteiger partial charge < -0.3 is 14.2 Å². The number of carbonyl (C=O) groups excluding carboxylic acids is 2. The Morgan fingerprint density at radius 1 is 1.14 bits per heavy atom. The van der Waals surface area contributed by atoms with Gasteiger partial charge >= 0.3 is 11.9 Å². The Morgan fingerprint density at radius 2 is 1.71 bits per heavy atom. The Balaban J connectivity index is 3.73. The highest BCUT2D eigenvalue weighted by atomic mass is 16.7. The molecule has 5 nitrogen and oxygen atoms in total. The van der Waals surface area contributed by atoms with Gasteiger partial charge in [-0.05, 0) is 20.8 Å². The summed E-state index contributed by atoms with van der Waals surface area (Å²) in [6, 6.07) is 0. The van der Waals surface area contributed by atoms with E-state index in [0.717, 1.165) is 0 Å². The lowest BCUT2D eigenvalue weighted by molar-refractivity contribution is -0.169. The van der Waals surface area contributed by atoms with Crippen molar-refractivity contribution in [1.82, 2.24) is 0 Å². The summed E-state index contributed by atoms with van der Waals surface area (Å²) in [5, 5.41) is 0. The summed E-state index contributed by atoms with van der Waals surface area (Å²) in [6.45, 7) is 4.60. The zero-order valence-corrected chi connectivity index (χ0v) is 8.96. The van der Waals surface area contributed by atoms with Gasteiger partial charge in [0.25, 0.3) is 0 Å². The molecule has 0 rings (SSSR count). The Labute approximate surface area is 83.3 Å². The van der Waals surface area contributed by atoms with Crippen molar-refractivity contribution in [2.45, 2.75) is 20.8 Å². The fraction of sp³-hybridized carbons (Fsp3) is 0.778. The molecule has 0 aromatic carbocycles. The third-order valence-corrected chi connectivity index (χ3v) is 1.27. The van der Waals surface area contributed by atoms with Gasteiger partial charge in [-0.2, -0.15) is 0 Å². The van der Waals surface area contributed by atoms with Crippen LogP contribution in [-0.4, -0.2) is 32.4 Å². The minimum atomic E-state index is -0.621. The molecule has 0 aromatic heterocycles. The Bertz CT molecular complexity index is 204. The monoisotopic (exact) mass is 204 g/mol. The topological polar surface area (TPSA) is 61.8 Å². The summed E-state index contributed by atoms with van der Waals surface area (Å²) >= 11 is 0. The van der Waals surface area contributed by atoms with Crippen LogP contribution in [0.4, 0.5) is 0 Å². The summed E-state index contributed by atoms with van der Waals surface area (Å²) in [7, 11) is 1.40. The molecule has 5 heteroatoms. The van der Waals surface area contributed by atoms with Gasteiger partial charge in [0.05, 0.1) is 5.41 Å². The molecule has 0 saturated heterocycles. The van der Waals surface area contributed by atoms with Crippen LogP contribution in [0.3, 0.4) is 0 Å². The van der Waals surface area contributed by atoms with Crippen molar-refractivity contribution in [2.24, 2.45) is 5.41 Å². The van der Waals surface area contributed by atoms with E-state index in [9.17, 15) is 9.59 Å². The molecule has 0 aliphatic heterocycles. The molecular weight excluding hydrogens is 188 g/mol. The number of esters is 2. The largest absolute Gasteiger partial charge is 0.453 e. The van der Waals surface area contributed by atoms with Gasteiger partial charge in [0.15, 0.2) is 13.4 Å². The molecule has 0 aliphatic carbocycles. The average molecular weight is 204 g/mol. The van der Waals surface area contributed by atoms with Gasteiger partial charge in [0.1, 0.15) is 0 Å². The van der Waals surface area contributed by atoms with Crippen molar-refractivity contribution in [3.05, 3.63) is 0 Å². The highest BCUT2D eigenvalue weighted by Gasteiger charge is 2.23. The SMILES string of the molecule is COCOC(=O)COC(=O)C(C)(C)C. The van der Waals surface area contributed by atoms with Crippen LogP contribution in [0.15, 0.2) is 0 Å². The summed E-state index contributed by atoms with van der Waals surface area (Å²) in [5.41, 5.74) is -0.610. The van der Waals surface area contributed by atoms with Crippen LogP contribution in [0, 0.1) is 5.41 Å². The number of carbonyl (C=O) groups is 2. The van der Waals surface area contributed by atoms with E-state index >= 15 is 0 Å². The predicted octanol–water partition coefficient (Wildman–Crippen LogP) is 0.723. The first-order chi connectivity index (χ1) is 6.38. The van der Waals surface area contributed by atoms with E-state index in [0.29, 0.717) is 0 Å². The van der Waals surface area contributed by atoms with E-state index in [1.165, 1.54) is 7.11 Å². The first kappa shape index (κ1) is 12.9. The third kappa shape index (κ3) is 5.53. The Hall–Kier alpha value is -1.10. The maximum absolute atomic E-state index is 11.2. The Kier molecular flexibility index (Phi) is 5.15. The second-order valence-electron chi connectivity index (χ2n) is 3.75. The minimum absolute atomic E-state index is 0.133. The fourth-order valence-corrected chi connectivity index (χ4v) is 0.507. The molecule has 0 saturated carbocycles. The van der Waals surface area contributed by atoms with Crippen LogP contribution >= 0.6 is 0 Å². The third-order valence-electron chi connectivity index (χ3n) is 1.27. The van der Waals surface area contributed by atoms with E-state index in [1.807, 2.05) is 0 Å². The van der Waals surface area contributed by atoms with E-state index < -0.39 is 17.4 Å². The molecule has 0 unspecified atom stereocenters. The molecule has 0 radical (unpaired) electrons. The first-order valence-electron chi connectivity index (χ1n) is 4.19. The van der Waals surface area contributed by atoms with Crippen molar-refractivity contribution in [3.63, 3.8) is 0 Å². The second kappa shape index (κ2) is 5.59. The lowest BCUT2D eigenvalue weighted by Crippen LogP contribution is -2.26. The van der Waals surface area contributed by atoms with Crippen LogP contribution in [0.25, 0.3) is 0 Å². The molecule has 0 amide bonds. The Morgan fingerprint density at radius 3 is 2.14 bits per heavy atom. The number of rotatable bonds is 4. The van der Waals surface area contributed by atoms with Crippen LogP contribution in [0.5, 0.6) is 0 Å². The van der Waals surface area contributed by atoms with Crippen molar-refractivity contribution in [1.29, 1.82) is 0 Å². The molecule has 0 aliphatic rings. The van der Waals surface area contributed by atoms with E-state index in [2.05, 4.69) is 9.47 Å². The summed E-state index contributed by atoms with van der Waals surface area (Å²) in [4.78, 5) is 22.0. The van der Waals surface area contributed by atoms with Gasteiger partial charge in [-0.1, -0.05) is 0 Å². The summed E-state index contributed by atoms with van der Waals surface area (Å²) < 4.78 is 13.7. The summed E-state index contributed by atoms with van der Waals surface area (Å²) in [6.07, 6.45) is 0. The standard InChI is InChI=1S/C9H16O5/c1-9(2,3)8(11)13-5-7(10)14-6-12-4/h5-6H2,1-4H3. The van der Waals surface area contributed by atoms with Gasteiger partial charge in [-0.25, -0.2) is 4.79 Å². The average Bonchev–Trinajstić information content (AvgIpc) is 2.09. The van der Waals surface area contributed by atoms with Crippen LogP contribution in [-0.2, 0) is 23.8 Å². The molecule has 0 N–H and O–H groups in total.